The average molecular weight is 466 g/mol. The van der Waals surface area contributed by atoms with Crippen LogP contribution in [-0.4, -0.2) is 69.5 Å². The molecular weight excluding hydrogens is 430 g/mol. The quantitative estimate of drug-likeness (QED) is 0.753. The summed E-state index contributed by atoms with van der Waals surface area (Å²) < 4.78 is 14.5. The molecule has 0 radical (unpaired) electrons. The Hall–Kier alpha value is -1.80. The molecule has 176 valence electrons. The summed E-state index contributed by atoms with van der Waals surface area (Å²) in [5.41, 5.74) is 7.08. The summed E-state index contributed by atoms with van der Waals surface area (Å²) in [6, 6.07) is 12.4. The van der Waals surface area contributed by atoms with E-state index in [1.165, 1.54) is 40.9 Å². The standard InChI is InChI=1S/C26H35N5OS/c1-29(25-9-2-5-19-7-4-11-27-26(19)25)17-21-15-23-20(16-28-21)6-3-8-24(23)30-12-13-31-22(18-30)10-14-33(31)32/h3-4,6-8,11,21-22,25,28H,2,5,9-10,12-18H2,1H3/t21-,22+,25+,33?/m1/s1. The second-order valence-electron chi connectivity index (χ2n) is 10.1. The van der Waals surface area contributed by atoms with Crippen LogP contribution in [-0.2, 0) is 30.4 Å². The van der Waals surface area contributed by atoms with Crippen LogP contribution in [0.1, 0.15) is 47.7 Å². The summed E-state index contributed by atoms with van der Waals surface area (Å²) >= 11 is 0. The average Bonchev–Trinajstić information content (AvgIpc) is 3.23. The van der Waals surface area contributed by atoms with Gasteiger partial charge in [0.2, 0.25) is 0 Å². The first-order chi connectivity index (χ1) is 16.2. The zero-order chi connectivity index (χ0) is 22.4. The number of hydrogen-bond acceptors (Lipinski definition) is 5. The van der Waals surface area contributed by atoms with Gasteiger partial charge in [0.1, 0.15) is 0 Å². The zero-order valence-corrected chi connectivity index (χ0v) is 20.4. The van der Waals surface area contributed by atoms with Gasteiger partial charge in [-0.3, -0.25) is 9.88 Å². The van der Waals surface area contributed by atoms with Crippen molar-refractivity contribution in [2.75, 3.05) is 43.9 Å². The molecule has 33 heavy (non-hydrogen) atoms. The molecule has 7 heteroatoms. The van der Waals surface area contributed by atoms with E-state index >= 15 is 0 Å². The van der Waals surface area contributed by atoms with Gasteiger partial charge in [0.15, 0.2) is 0 Å². The Labute approximate surface area is 199 Å². The zero-order valence-electron chi connectivity index (χ0n) is 19.6. The van der Waals surface area contributed by atoms with E-state index in [0.29, 0.717) is 18.1 Å². The van der Waals surface area contributed by atoms with Crippen LogP contribution in [0.2, 0.25) is 0 Å². The van der Waals surface area contributed by atoms with Gasteiger partial charge in [-0.1, -0.05) is 18.2 Å². The van der Waals surface area contributed by atoms with Crippen LogP contribution in [0, 0.1) is 0 Å². The molecule has 6 nitrogen and oxygen atoms in total. The van der Waals surface area contributed by atoms with Crippen LogP contribution in [0.25, 0.3) is 0 Å². The molecule has 4 heterocycles. The minimum Gasteiger partial charge on any atom is -0.368 e. The highest BCUT2D eigenvalue weighted by Crippen LogP contribution is 2.34. The highest BCUT2D eigenvalue weighted by atomic mass is 32.2. The summed E-state index contributed by atoms with van der Waals surface area (Å²) in [6.07, 6.45) is 7.68. The largest absolute Gasteiger partial charge is 0.368 e. The molecule has 3 aliphatic heterocycles. The first kappa shape index (κ1) is 21.7. The third-order valence-corrected chi connectivity index (χ3v) is 9.73. The van der Waals surface area contributed by atoms with Gasteiger partial charge in [-0.2, -0.15) is 0 Å². The van der Waals surface area contributed by atoms with Crippen LogP contribution in [0.3, 0.4) is 0 Å². The molecule has 1 aromatic carbocycles. The van der Waals surface area contributed by atoms with Gasteiger partial charge in [-0.25, -0.2) is 8.51 Å². The number of piperazine rings is 1. The van der Waals surface area contributed by atoms with Gasteiger partial charge in [0.05, 0.1) is 22.7 Å². The fourth-order valence-corrected chi connectivity index (χ4v) is 7.92. The molecule has 1 aliphatic carbocycles. The third-order valence-electron chi connectivity index (χ3n) is 8.14. The van der Waals surface area contributed by atoms with Crippen LogP contribution >= 0.6 is 0 Å². The van der Waals surface area contributed by atoms with Crippen molar-refractivity contribution in [2.24, 2.45) is 0 Å². The molecule has 4 atom stereocenters. The van der Waals surface area contributed by atoms with Crippen molar-refractivity contribution in [3.8, 4) is 0 Å². The minimum atomic E-state index is -0.758. The second-order valence-corrected chi connectivity index (χ2v) is 11.7. The Kier molecular flexibility index (Phi) is 5.99. The van der Waals surface area contributed by atoms with Gasteiger partial charge in [0.25, 0.3) is 0 Å². The van der Waals surface area contributed by atoms with E-state index in [1.807, 2.05) is 6.20 Å². The second kappa shape index (κ2) is 9.10. The number of likely N-dealkylation sites (N-methyl/N-ethyl adjacent to an activating group) is 1. The molecule has 6 rings (SSSR count). The van der Waals surface area contributed by atoms with Crippen LogP contribution < -0.4 is 10.2 Å². The topological polar surface area (TPSA) is 51.7 Å². The molecular formula is C26H35N5OS. The first-order valence-corrected chi connectivity index (χ1v) is 13.8. The molecule has 0 bridgehead atoms. The maximum Gasteiger partial charge on any atom is 0.0947 e. The maximum absolute atomic E-state index is 12.2. The van der Waals surface area contributed by atoms with E-state index in [-0.39, 0.29) is 0 Å². The van der Waals surface area contributed by atoms with Crippen LogP contribution in [0.4, 0.5) is 5.69 Å². The fraction of sp³-hybridized carbons (Fsp3) is 0.577. The summed E-state index contributed by atoms with van der Waals surface area (Å²) in [5, 5.41) is 3.81. The molecule has 2 fully saturated rings. The third kappa shape index (κ3) is 4.14. The number of benzene rings is 1. The molecule has 1 N–H and O–H groups in total. The number of aryl methyl sites for hydroxylation is 1. The van der Waals surface area contributed by atoms with Crippen molar-refractivity contribution in [1.82, 2.24) is 19.5 Å². The number of rotatable bonds is 4. The molecule has 0 amide bonds. The number of nitrogens with zero attached hydrogens (tertiary/aromatic N) is 4. The van der Waals surface area contributed by atoms with Gasteiger partial charge in [0, 0.05) is 62.4 Å². The smallest absolute Gasteiger partial charge is 0.0947 e. The molecule has 2 aromatic rings. The van der Waals surface area contributed by atoms with Gasteiger partial charge in [-0.15, -0.1) is 0 Å². The molecule has 1 aromatic heterocycles. The lowest BCUT2D eigenvalue weighted by molar-refractivity contribution is 0.191. The van der Waals surface area contributed by atoms with E-state index in [4.69, 9.17) is 4.98 Å². The monoisotopic (exact) mass is 465 g/mol. The van der Waals surface area contributed by atoms with E-state index in [0.717, 1.165) is 57.7 Å². The highest BCUT2D eigenvalue weighted by molar-refractivity contribution is 7.82. The van der Waals surface area contributed by atoms with Gasteiger partial charge in [-0.05, 0) is 68.0 Å². The highest BCUT2D eigenvalue weighted by Gasteiger charge is 2.37. The first-order valence-electron chi connectivity index (χ1n) is 12.6. The normalized spacial score (nSPS) is 29.6. The molecule has 2 saturated heterocycles. The van der Waals surface area contributed by atoms with Crippen LogP contribution in [0.5, 0.6) is 0 Å². The van der Waals surface area contributed by atoms with Crippen molar-refractivity contribution in [1.29, 1.82) is 0 Å². The number of pyridine rings is 1. The molecule has 0 saturated carbocycles. The number of hydrogen-bond donors (Lipinski definition) is 1. The Morgan fingerprint density at radius 2 is 2.09 bits per heavy atom. The number of nitrogens with one attached hydrogen (secondary N) is 1. The summed E-state index contributed by atoms with van der Waals surface area (Å²) in [4.78, 5) is 9.86. The lowest BCUT2D eigenvalue weighted by Gasteiger charge is -2.40. The van der Waals surface area contributed by atoms with Crippen molar-refractivity contribution >= 4 is 16.7 Å². The lowest BCUT2D eigenvalue weighted by Crippen LogP contribution is -2.51. The van der Waals surface area contributed by atoms with E-state index in [2.05, 4.69) is 56.8 Å². The Bertz CT molecular complexity index is 1050. The van der Waals surface area contributed by atoms with Crippen molar-refractivity contribution in [3.05, 3.63) is 58.9 Å². The summed E-state index contributed by atoms with van der Waals surface area (Å²) in [5.74, 6) is 0.836. The molecule has 0 spiro atoms. The Balaban J connectivity index is 1.18. The molecule has 4 aliphatic rings. The maximum atomic E-state index is 12.2. The SMILES string of the molecule is CN(C[C@H]1Cc2c(cccc2N2CCN3[C@@H](CCS3=O)C2)CN1)[C@H]1CCCc2cccnc21. The van der Waals surface area contributed by atoms with Gasteiger partial charge < -0.3 is 10.2 Å². The minimum absolute atomic E-state index is 0.421. The lowest BCUT2D eigenvalue weighted by atomic mass is 9.89. The summed E-state index contributed by atoms with van der Waals surface area (Å²) in [7, 11) is 1.52. The van der Waals surface area contributed by atoms with Crippen molar-refractivity contribution in [3.63, 3.8) is 0 Å². The van der Waals surface area contributed by atoms with E-state index in [1.54, 1.807) is 0 Å². The number of anilines is 1. The van der Waals surface area contributed by atoms with E-state index in [9.17, 15) is 4.21 Å². The molecule has 1 unspecified atom stereocenters. The predicted molar refractivity (Wildman–Crippen MR) is 134 cm³/mol. The van der Waals surface area contributed by atoms with E-state index < -0.39 is 11.0 Å². The number of aromatic nitrogens is 1. The Morgan fingerprint density at radius 3 is 3.03 bits per heavy atom. The Morgan fingerprint density at radius 1 is 1.18 bits per heavy atom. The van der Waals surface area contributed by atoms with Crippen molar-refractivity contribution < 1.29 is 4.21 Å². The fourth-order valence-electron chi connectivity index (χ4n) is 6.42. The predicted octanol–water partition coefficient (Wildman–Crippen LogP) is 2.66. The number of fused-ring (bicyclic) bond motifs is 3. The van der Waals surface area contributed by atoms with Gasteiger partial charge >= 0.3 is 0 Å². The van der Waals surface area contributed by atoms with Crippen molar-refractivity contribution in [2.45, 2.75) is 56.8 Å². The van der Waals surface area contributed by atoms with Crippen LogP contribution in [0.15, 0.2) is 36.5 Å². The summed E-state index contributed by atoms with van der Waals surface area (Å²) in [6.45, 7) is 4.86.